The third kappa shape index (κ3) is 9.45. The van der Waals surface area contributed by atoms with Crippen LogP contribution < -0.4 is 0 Å². The van der Waals surface area contributed by atoms with Gasteiger partial charge in [0.1, 0.15) is 5.82 Å². The van der Waals surface area contributed by atoms with E-state index in [1.807, 2.05) is 58.9 Å². The van der Waals surface area contributed by atoms with E-state index in [2.05, 4.69) is 26.5 Å². The van der Waals surface area contributed by atoms with Crippen LogP contribution in [0.4, 0.5) is 8.78 Å². The summed E-state index contributed by atoms with van der Waals surface area (Å²) in [5.41, 5.74) is 6.46. The Morgan fingerprint density at radius 2 is 1.67 bits per heavy atom. The first-order chi connectivity index (χ1) is 16.0. The number of allylic oxidation sites excluding steroid dienone is 3. The maximum atomic E-state index is 13.6. The Bertz CT molecular complexity index is 862. The first-order valence-corrected chi connectivity index (χ1v) is 12.3. The Balaban J connectivity index is 0.00000242. The highest BCUT2D eigenvalue weighted by Gasteiger charge is 2.20. The molecule has 1 heterocycles. The van der Waals surface area contributed by atoms with Crippen LogP contribution in [-0.2, 0) is 12.8 Å². The summed E-state index contributed by atoms with van der Waals surface area (Å²) in [5, 5.41) is 0. The molecule has 0 N–H and O–H groups in total. The predicted octanol–water partition coefficient (Wildman–Crippen LogP) is 10.0. The number of pyridine rings is 1. The van der Waals surface area contributed by atoms with Gasteiger partial charge in [-0.05, 0) is 67.3 Å². The van der Waals surface area contributed by atoms with Crippen LogP contribution in [0.1, 0.15) is 96.2 Å². The normalized spacial score (nSPS) is 10.7. The van der Waals surface area contributed by atoms with Gasteiger partial charge in [-0.1, -0.05) is 78.0 Å². The zero-order valence-electron chi connectivity index (χ0n) is 21.7. The van der Waals surface area contributed by atoms with E-state index in [0.717, 1.165) is 53.8 Å². The van der Waals surface area contributed by atoms with Crippen molar-refractivity contribution in [2.75, 3.05) is 0 Å². The maximum absolute atomic E-state index is 13.6. The lowest BCUT2D eigenvalue weighted by Crippen LogP contribution is -2.09. The molecule has 0 spiro atoms. The minimum absolute atomic E-state index is 0.245. The molecule has 2 aromatic rings. The summed E-state index contributed by atoms with van der Waals surface area (Å²) in [6.07, 6.45) is 12.3. The maximum Gasteiger partial charge on any atom is 0.123 e. The third-order valence-corrected chi connectivity index (χ3v) is 4.94. The van der Waals surface area contributed by atoms with Crippen LogP contribution in [0.15, 0.2) is 55.4 Å². The van der Waals surface area contributed by atoms with E-state index < -0.39 is 0 Å². The number of halogens is 2. The fourth-order valence-corrected chi connectivity index (χ4v) is 3.63. The molecule has 1 aromatic carbocycles. The molecule has 0 saturated heterocycles. The highest BCUT2D eigenvalue weighted by Crippen LogP contribution is 2.36. The molecular formula is C30H43F2N. The highest BCUT2D eigenvalue weighted by molar-refractivity contribution is 5.80. The first kappa shape index (κ1) is 30.4. The van der Waals surface area contributed by atoms with Crippen molar-refractivity contribution in [2.45, 2.75) is 86.5 Å². The van der Waals surface area contributed by atoms with Crippen molar-refractivity contribution >= 4 is 6.08 Å². The van der Waals surface area contributed by atoms with E-state index in [1.54, 1.807) is 6.08 Å². The van der Waals surface area contributed by atoms with Crippen molar-refractivity contribution in [3.05, 3.63) is 83.7 Å². The quantitative estimate of drug-likeness (QED) is 0.256. The smallest absolute Gasteiger partial charge is 0.123 e. The SMILES string of the molecule is C=CCc1nc(C(C)C)c(/C=C/C)c(-c2ccc(F)cc2)c1CCCC/C=C/F.CC.CC. The summed E-state index contributed by atoms with van der Waals surface area (Å²) in [4.78, 5) is 5.03. The predicted molar refractivity (Wildman–Crippen MR) is 143 cm³/mol. The molecule has 2 rings (SSSR count). The number of hydrogen-bond acceptors (Lipinski definition) is 1. The van der Waals surface area contributed by atoms with E-state index >= 15 is 0 Å². The second kappa shape index (κ2) is 17.9. The standard InChI is InChI=1S/C26H31F2N.2C2H6/c1-5-11-23-25(20-14-16-21(28)17-15-20)22(13-9-7-8-10-18-27)24(12-6-2)29-26(23)19(3)4;2*1-2/h5-6,10-11,14-19H,2,7-9,12-13H2,1,3-4H3;2*1-2H3/b11-5+,18-10+;;. The Hall–Kier alpha value is -2.55. The third-order valence-electron chi connectivity index (χ3n) is 4.94. The average molecular weight is 456 g/mol. The Labute approximate surface area is 201 Å². The van der Waals surface area contributed by atoms with Crippen LogP contribution in [-0.4, -0.2) is 4.98 Å². The monoisotopic (exact) mass is 455 g/mol. The molecule has 0 amide bonds. The molecule has 0 fully saturated rings. The zero-order valence-corrected chi connectivity index (χ0v) is 21.7. The number of aromatic nitrogens is 1. The van der Waals surface area contributed by atoms with Gasteiger partial charge in [0.25, 0.3) is 0 Å². The van der Waals surface area contributed by atoms with Gasteiger partial charge in [0.2, 0.25) is 0 Å². The van der Waals surface area contributed by atoms with E-state index in [0.29, 0.717) is 12.8 Å². The van der Waals surface area contributed by atoms with Gasteiger partial charge in [-0.3, -0.25) is 4.98 Å². The van der Waals surface area contributed by atoms with Gasteiger partial charge < -0.3 is 0 Å². The van der Waals surface area contributed by atoms with Gasteiger partial charge in [0.15, 0.2) is 0 Å². The van der Waals surface area contributed by atoms with Gasteiger partial charge in [-0.25, -0.2) is 8.78 Å². The van der Waals surface area contributed by atoms with Crippen LogP contribution in [0.2, 0.25) is 0 Å². The van der Waals surface area contributed by atoms with Crippen LogP contribution in [0, 0.1) is 5.82 Å². The summed E-state index contributed by atoms with van der Waals surface area (Å²) in [6.45, 7) is 18.2. The van der Waals surface area contributed by atoms with Crippen molar-refractivity contribution in [2.24, 2.45) is 0 Å². The fraction of sp³-hybridized carbons (Fsp3) is 0.433. The number of nitrogens with zero attached hydrogens (tertiary/aromatic N) is 1. The van der Waals surface area contributed by atoms with Crippen LogP contribution in [0.3, 0.4) is 0 Å². The summed E-state index contributed by atoms with van der Waals surface area (Å²) in [7, 11) is 0. The summed E-state index contributed by atoms with van der Waals surface area (Å²) >= 11 is 0. The topological polar surface area (TPSA) is 12.9 Å². The zero-order chi connectivity index (χ0) is 25.2. The highest BCUT2D eigenvalue weighted by atomic mass is 19.1. The molecule has 3 heteroatoms. The van der Waals surface area contributed by atoms with E-state index in [-0.39, 0.29) is 11.7 Å². The van der Waals surface area contributed by atoms with Gasteiger partial charge in [-0.15, -0.1) is 6.58 Å². The van der Waals surface area contributed by atoms with E-state index in [4.69, 9.17) is 4.98 Å². The molecule has 0 saturated carbocycles. The van der Waals surface area contributed by atoms with Crippen molar-refractivity contribution in [3.63, 3.8) is 0 Å². The number of unbranched alkanes of at least 4 members (excludes halogenated alkanes) is 2. The summed E-state index contributed by atoms with van der Waals surface area (Å²) in [6, 6.07) is 6.70. The lowest BCUT2D eigenvalue weighted by molar-refractivity contribution is 0.628. The fourth-order valence-electron chi connectivity index (χ4n) is 3.63. The van der Waals surface area contributed by atoms with Gasteiger partial charge in [-0.2, -0.15) is 0 Å². The van der Waals surface area contributed by atoms with Crippen LogP contribution >= 0.6 is 0 Å². The average Bonchev–Trinajstić information content (AvgIpc) is 2.83. The van der Waals surface area contributed by atoms with Gasteiger partial charge >= 0.3 is 0 Å². The largest absolute Gasteiger partial charge is 0.256 e. The molecule has 1 aromatic heterocycles. The summed E-state index contributed by atoms with van der Waals surface area (Å²) in [5.74, 6) is 0.0121. The van der Waals surface area contributed by atoms with E-state index in [1.165, 1.54) is 17.7 Å². The number of hydrogen-bond donors (Lipinski definition) is 0. The number of benzene rings is 1. The minimum atomic E-state index is -0.245. The van der Waals surface area contributed by atoms with Gasteiger partial charge in [0.05, 0.1) is 12.0 Å². The minimum Gasteiger partial charge on any atom is -0.256 e. The lowest BCUT2D eigenvalue weighted by Gasteiger charge is -2.22. The molecule has 182 valence electrons. The first-order valence-electron chi connectivity index (χ1n) is 12.3. The van der Waals surface area contributed by atoms with E-state index in [9.17, 15) is 8.78 Å². The van der Waals surface area contributed by atoms with Crippen molar-refractivity contribution < 1.29 is 8.78 Å². The van der Waals surface area contributed by atoms with Crippen molar-refractivity contribution in [1.82, 2.24) is 4.98 Å². The van der Waals surface area contributed by atoms with Gasteiger partial charge in [0, 0.05) is 17.7 Å². The summed E-state index contributed by atoms with van der Waals surface area (Å²) < 4.78 is 25.8. The molecule has 0 aliphatic carbocycles. The Morgan fingerprint density at radius 1 is 1.03 bits per heavy atom. The number of rotatable bonds is 10. The van der Waals surface area contributed by atoms with Crippen LogP contribution in [0.25, 0.3) is 17.2 Å². The lowest BCUT2D eigenvalue weighted by atomic mass is 9.86. The van der Waals surface area contributed by atoms with Crippen molar-refractivity contribution in [3.8, 4) is 11.1 Å². The van der Waals surface area contributed by atoms with Crippen molar-refractivity contribution in [1.29, 1.82) is 0 Å². The molecule has 1 nitrogen and oxygen atoms in total. The molecule has 0 unspecified atom stereocenters. The van der Waals surface area contributed by atoms with Crippen LogP contribution in [0.5, 0.6) is 0 Å². The molecular weight excluding hydrogens is 412 g/mol. The second-order valence-corrected chi connectivity index (χ2v) is 7.47. The molecule has 0 radical (unpaired) electrons. The Kier molecular flexibility index (Phi) is 16.6. The molecule has 0 aliphatic heterocycles. The molecule has 33 heavy (non-hydrogen) atoms. The molecule has 0 aliphatic rings. The molecule has 0 atom stereocenters. The Morgan fingerprint density at radius 3 is 2.18 bits per heavy atom. The second-order valence-electron chi connectivity index (χ2n) is 7.47. The molecule has 0 bridgehead atoms.